The standard InChI is InChI=1S/C21H20F2N2O5S/c1-4-31(27,28)24-15-6-8-18(30-19-7-5-14(22)10-17(19)23)16(11-15)13-9-20(29-3)21(26)25(2)12-13/h5-12,24H,4H2,1-3H3. The van der Waals surface area contributed by atoms with Gasteiger partial charge in [-0.3, -0.25) is 9.52 Å². The zero-order chi connectivity index (χ0) is 22.8. The molecule has 3 rings (SSSR count). The van der Waals surface area contributed by atoms with Crippen molar-refractivity contribution in [1.29, 1.82) is 0 Å². The molecule has 0 amide bonds. The first-order valence-corrected chi connectivity index (χ1v) is 10.8. The van der Waals surface area contributed by atoms with E-state index in [0.717, 1.165) is 12.1 Å². The zero-order valence-corrected chi connectivity index (χ0v) is 17.8. The van der Waals surface area contributed by atoms with E-state index in [1.165, 1.54) is 56.1 Å². The zero-order valence-electron chi connectivity index (χ0n) is 17.0. The Bertz CT molecular complexity index is 1290. The van der Waals surface area contributed by atoms with Crippen molar-refractivity contribution in [3.63, 3.8) is 0 Å². The van der Waals surface area contributed by atoms with Crippen molar-refractivity contribution in [3.8, 4) is 28.4 Å². The number of rotatable bonds is 7. The maximum Gasteiger partial charge on any atom is 0.292 e. The number of nitrogens with zero attached hydrogens (tertiary/aromatic N) is 1. The summed E-state index contributed by atoms with van der Waals surface area (Å²) in [5.74, 6) is -1.79. The molecule has 1 aromatic heterocycles. The van der Waals surface area contributed by atoms with Crippen molar-refractivity contribution in [2.45, 2.75) is 6.92 Å². The number of halogens is 2. The number of hydrogen-bond acceptors (Lipinski definition) is 5. The van der Waals surface area contributed by atoms with Gasteiger partial charge in [0.15, 0.2) is 17.3 Å². The Balaban J connectivity index is 2.17. The van der Waals surface area contributed by atoms with Crippen LogP contribution in [0, 0.1) is 11.6 Å². The lowest BCUT2D eigenvalue weighted by Crippen LogP contribution is -2.18. The lowest BCUT2D eigenvalue weighted by molar-refractivity contribution is 0.405. The summed E-state index contributed by atoms with van der Waals surface area (Å²) in [6.07, 6.45) is 1.51. The van der Waals surface area contributed by atoms with Gasteiger partial charge in [0.25, 0.3) is 5.56 Å². The van der Waals surface area contributed by atoms with E-state index in [-0.39, 0.29) is 34.2 Å². The Kier molecular flexibility index (Phi) is 6.30. The van der Waals surface area contributed by atoms with E-state index in [9.17, 15) is 22.0 Å². The van der Waals surface area contributed by atoms with Gasteiger partial charge < -0.3 is 14.0 Å². The maximum absolute atomic E-state index is 14.1. The van der Waals surface area contributed by atoms with Crippen molar-refractivity contribution >= 4 is 15.7 Å². The van der Waals surface area contributed by atoms with E-state index in [0.29, 0.717) is 17.2 Å². The predicted octanol–water partition coefficient (Wildman–Crippen LogP) is 3.89. The maximum atomic E-state index is 14.1. The second-order valence-corrected chi connectivity index (χ2v) is 8.62. The van der Waals surface area contributed by atoms with E-state index < -0.39 is 21.7 Å². The number of anilines is 1. The molecule has 0 bridgehead atoms. The molecule has 164 valence electrons. The minimum atomic E-state index is -3.55. The minimum Gasteiger partial charge on any atom is -0.491 e. The first kappa shape index (κ1) is 22.3. The highest BCUT2D eigenvalue weighted by molar-refractivity contribution is 7.92. The number of sulfonamides is 1. The highest BCUT2D eigenvalue weighted by Crippen LogP contribution is 2.37. The van der Waals surface area contributed by atoms with Crippen molar-refractivity contribution in [2.24, 2.45) is 7.05 Å². The molecule has 0 saturated carbocycles. The van der Waals surface area contributed by atoms with Crippen LogP contribution in [0.1, 0.15) is 6.92 Å². The van der Waals surface area contributed by atoms with Crippen LogP contribution < -0.4 is 19.8 Å². The number of benzene rings is 2. The van der Waals surface area contributed by atoms with E-state index in [2.05, 4.69) is 4.72 Å². The third-order valence-corrected chi connectivity index (χ3v) is 5.73. The van der Waals surface area contributed by atoms with E-state index in [1.54, 1.807) is 0 Å². The van der Waals surface area contributed by atoms with Gasteiger partial charge >= 0.3 is 0 Å². The third kappa shape index (κ3) is 5.02. The predicted molar refractivity (Wildman–Crippen MR) is 113 cm³/mol. The van der Waals surface area contributed by atoms with Crippen LogP contribution in [0.4, 0.5) is 14.5 Å². The topological polar surface area (TPSA) is 86.6 Å². The molecule has 0 unspecified atom stereocenters. The van der Waals surface area contributed by atoms with Crippen molar-refractivity contribution < 1.29 is 26.7 Å². The lowest BCUT2D eigenvalue weighted by Gasteiger charge is -2.16. The molecule has 3 aromatic rings. The van der Waals surface area contributed by atoms with Gasteiger partial charge in [0, 0.05) is 36.1 Å². The van der Waals surface area contributed by atoms with Crippen molar-refractivity contribution in [2.75, 3.05) is 17.6 Å². The van der Waals surface area contributed by atoms with Gasteiger partial charge in [0.2, 0.25) is 10.0 Å². The fraction of sp³-hybridized carbons (Fsp3) is 0.190. The highest BCUT2D eigenvalue weighted by Gasteiger charge is 2.16. The van der Waals surface area contributed by atoms with Crippen LogP contribution in [0.25, 0.3) is 11.1 Å². The van der Waals surface area contributed by atoms with Gasteiger partial charge in [-0.25, -0.2) is 17.2 Å². The molecule has 10 heteroatoms. The summed E-state index contributed by atoms with van der Waals surface area (Å²) in [6.45, 7) is 1.50. The molecule has 31 heavy (non-hydrogen) atoms. The van der Waals surface area contributed by atoms with E-state index in [1.807, 2.05) is 0 Å². The molecule has 0 aliphatic rings. The van der Waals surface area contributed by atoms with Gasteiger partial charge in [0.05, 0.1) is 12.9 Å². The van der Waals surface area contributed by atoms with Crippen molar-refractivity contribution in [3.05, 3.63) is 70.6 Å². The molecule has 0 aliphatic heterocycles. The summed E-state index contributed by atoms with van der Waals surface area (Å²) in [4.78, 5) is 12.2. The van der Waals surface area contributed by atoms with E-state index in [4.69, 9.17) is 9.47 Å². The number of pyridine rings is 1. The molecule has 0 spiro atoms. The second kappa shape index (κ2) is 8.76. The summed E-state index contributed by atoms with van der Waals surface area (Å²) in [6, 6.07) is 8.73. The normalized spacial score (nSPS) is 11.3. The van der Waals surface area contributed by atoms with Gasteiger partial charge in [-0.1, -0.05) is 0 Å². The van der Waals surface area contributed by atoms with Gasteiger partial charge in [-0.2, -0.15) is 0 Å². The molecular weight excluding hydrogens is 430 g/mol. The largest absolute Gasteiger partial charge is 0.491 e. The van der Waals surface area contributed by atoms with Gasteiger partial charge in [0.1, 0.15) is 11.6 Å². The Labute approximate surface area is 177 Å². The number of ether oxygens (including phenoxy) is 2. The average molecular weight is 450 g/mol. The summed E-state index contributed by atoms with van der Waals surface area (Å²) in [5.41, 5.74) is 0.681. The van der Waals surface area contributed by atoms with Crippen LogP contribution >= 0.6 is 0 Å². The monoisotopic (exact) mass is 450 g/mol. The number of aryl methyl sites for hydroxylation is 1. The molecule has 1 heterocycles. The Morgan fingerprint density at radius 3 is 2.39 bits per heavy atom. The Hall–Kier alpha value is -3.40. The highest BCUT2D eigenvalue weighted by atomic mass is 32.2. The van der Waals surface area contributed by atoms with Crippen LogP contribution in [0.15, 0.2) is 53.5 Å². The van der Waals surface area contributed by atoms with Crippen LogP contribution in [0.2, 0.25) is 0 Å². The summed E-state index contributed by atoms with van der Waals surface area (Å²) < 4.78 is 65.8. The molecule has 0 radical (unpaired) electrons. The first-order chi connectivity index (χ1) is 14.6. The lowest BCUT2D eigenvalue weighted by atomic mass is 10.1. The van der Waals surface area contributed by atoms with Crippen LogP contribution in [0.5, 0.6) is 17.2 Å². The quantitative estimate of drug-likeness (QED) is 0.590. The molecule has 7 nitrogen and oxygen atoms in total. The van der Waals surface area contributed by atoms with Gasteiger partial charge in [-0.05, 0) is 43.3 Å². The number of hydrogen-bond donors (Lipinski definition) is 1. The summed E-state index contributed by atoms with van der Waals surface area (Å²) in [5, 5.41) is 0. The Morgan fingerprint density at radius 2 is 1.74 bits per heavy atom. The van der Waals surface area contributed by atoms with Crippen LogP contribution in [-0.4, -0.2) is 25.8 Å². The SMILES string of the molecule is CCS(=O)(=O)Nc1ccc(Oc2ccc(F)cc2F)c(-c2cc(OC)c(=O)n(C)c2)c1. The number of aromatic nitrogens is 1. The molecule has 1 N–H and O–H groups in total. The molecule has 0 fully saturated rings. The fourth-order valence-electron chi connectivity index (χ4n) is 2.81. The smallest absolute Gasteiger partial charge is 0.292 e. The van der Waals surface area contributed by atoms with Crippen LogP contribution in [-0.2, 0) is 17.1 Å². The third-order valence-electron chi connectivity index (χ3n) is 4.43. The average Bonchev–Trinajstić information content (AvgIpc) is 2.72. The summed E-state index contributed by atoms with van der Waals surface area (Å²) >= 11 is 0. The van der Waals surface area contributed by atoms with Crippen molar-refractivity contribution in [1.82, 2.24) is 4.57 Å². The molecule has 0 aliphatic carbocycles. The molecule has 0 atom stereocenters. The molecular formula is C21H20F2N2O5S. The van der Waals surface area contributed by atoms with Crippen LogP contribution in [0.3, 0.4) is 0 Å². The second-order valence-electron chi connectivity index (χ2n) is 6.61. The van der Waals surface area contributed by atoms with E-state index >= 15 is 0 Å². The number of methoxy groups -OCH3 is 1. The fourth-order valence-corrected chi connectivity index (χ4v) is 3.44. The summed E-state index contributed by atoms with van der Waals surface area (Å²) in [7, 11) is -0.684. The molecule has 2 aromatic carbocycles. The first-order valence-electron chi connectivity index (χ1n) is 9.16. The Morgan fingerprint density at radius 1 is 1.03 bits per heavy atom. The van der Waals surface area contributed by atoms with Gasteiger partial charge in [-0.15, -0.1) is 0 Å². The molecule has 0 saturated heterocycles. The minimum absolute atomic E-state index is 0.0541. The number of nitrogens with one attached hydrogen (secondary N) is 1.